The molecule has 3 aromatic rings. The predicted octanol–water partition coefficient (Wildman–Crippen LogP) is 4.09. The summed E-state index contributed by atoms with van der Waals surface area (Å²) in [5.41, 5.74) is 4.34. The lowest BCUT2D eigenvalue weighted by molar-refractivity contribution is 0.245. The topological polar surface area (TPSA) is 64.3 Å². The van der Waals surface area contributed by atoms with Crippen molar-refractivity contribution in [3.8, 4) is 17.1 Å². The Kier molecular flexibility index (Phi) is 4.90. The zero-order valence-electron chi connectivity index (χ0n) is 16.0. The highest BCUT2D eigenvalue weighted by atomic mass is 16.5. The maximum absolute atomic E-state index is 5.38. The van der Waals surface area contributed by atoms with Gasteiger partial charge in [0.15, 0.2) is 5.82 Å². The summed E-state index contributed by atoms with van der Waals surface area (Å²) >= 11 is 0. The molecular weight excluding hydrogens is 340 g/mol. The predicted molar refractivity (Wildman–Crippen MR) is 102 cm³/mol. The third-order valence-electron chi connectivity index (χ3n) is 5.22. The van der Waals surface area contributed by atoms with E-state index < -0.39 is 0 Å². The number of ether oxygens (including phenoxy) is 1. The Morgan fingerprint density at radius 1 is 1.15 bits per heavy atom. The van der Waals surface area contributed by atoms with E-state index in [0.29, 0.717) is 6.04 Å². The highest BCUT2D eigenvalue weighted by Gasteiger charge is 2.30. The molecular formula is C21H24N4O2. The lowest BCUT2D eigenvalue weighted by atomic mass is 10.0. The molecule has 1 aromatic carbocycles. The van der Waals surface area contributed by atoms with Gasteiger partial charge in [-0.1, -0.05) is 5.16 Å². The van der Waals surface area contributed by atoms with E-state index in [1.165, 1.54) is 12.0 Å². The molecule has 0 N–H and O–H groups in total. The molecule has 0 radical (unpaired) electrons. The molecule has 0 saturated carbocycles. The summed E-state index contributed by atoms with van der Waals surface area (Å²) < 4.78 is 10.6. The van der Waals surface area contributed by atoms with Crippen LogP contribution < -0.4 is 4.74 Å². The minimum absolute atomic E-state index is 0.359. The van der Waals surface area contributed by atoms with Gasteiger partial charge in [-0.2, -0.15) is 0 Å². The molecule has 140 valence electrons. The van der Waals surface area contributed by atoms with Gasteiger partial charge < -0.3 is 9.26 Å². The Hall–Kier alpha value is -2.73. The number of hydrogen-bond donors (Lipinski definition) is 0. The van der Waals surface area contributed by atoms with Gasteiger partial charge in [-0.25, -0.2) is 9.97 Å². The Morgan fingerprint density at radius 3 is 2.52 bits per heavy atom. The largest absolute Gasteiger partial charge is 0.497 e. The van der Waals surface area contributed by atoms with E-state index in [1.54, 1.807) is 7.11 Å². The summed E-state index contributed by atoms with van der Waals surface area (Å²) in [7, 11) is 1.66. The molecule has 2 aromatic heterocycles. The fourth-order valence-corrected chi connectivity index (χ4v) is 3.87. The first kappa shape index (κ1) is 17.7. The summed E-state index contributed by atoms with van der Waals surface area (Å²) in [6.07, 6.45) is 6.16. The van der Waals surface area contributed by atoms with Gasteiger partial charge in [0.1, 0.15) is 11.5 Å². The second-order valence-corrected chi connectivity index (χ2v) is 7.01. The average Bonchev–Trinajstić information content (AvgIpc) is 3.28. The zero-order chi connectivity index (χ0) is 18.8. The SMILES string of the molecule is COc1ccc(-c2ncc(CN3CCC[C@H]3c3c(C)noc3C)cn2)cc1. The summed E-state index contributed by atoms with van der Waals surface area (Å²) in [5.74, 6) is 2.48. The van der Waals surface area contributed by atoms with Gasteiger partial charge in [-0.05, 0) is 57.5 Å². The van der Waals surface area contributed by atoms with Crippen LogP contribution in [0.2, 0.25) is 0 Å². The minimum atomic E-state index is 0.359. The Labute approximate surface area is 159 Å². The molecule has 3 heterocycles. The molecule has 1 aliphatic rings. The van der Waals surface area contributed by atoms with Gasteiger partial charge in [0.2, 0.25) is 0 Å². The third-order valence-corrected chi connectivity index (χ3v) is 5.22. The van der Waals surface area contributed by atoms with Crippen molar-refractivity contribution in [2.75, 3.05) is 13.7 Å². The van der Waals surface area contributed by atoms with E-state index in [4.69, 9.17) is 9.26 Å². The second-order valence-electron chi connectivity index (χ2n) is 7.01. The Morgan fingerprint density at radius 2 is 1.89 bits per heavy atom. The van der Waals surface area contributed by atoms with Crippen molar-refractivity contribution in [1.29, 1.82) is 0 Å². The maximum Gasteiger partial charge on any atom is 0.159 e. The van der Waals surface area contributed by atoms with Crippen LogP contribution in [-0.2, 0) is 6.54 Å². The average molecular weight is 364 g/mol. The van der Waals surface area contributed by atoms with Crippen molar-refractivity contribution in [2.24, 2.45) is 0 Å². The Bertz CT molecular complexity index is 883. The number of benzene rings is 1. The fourth-order valence-electron chi connectivity index (χ4n) is 3.87. The van der Waals surface area contributed by atoms with Crippen molar-refractivity contribution in [1.82, 2.24) is 20.0 Å². The molecule has 1 aliphatic heterocycles. The highest BCUT2D eigenvalue weighted by molar-refractivity contribution is 5.55. The van der Waals surface area contributed by atoms with E-state index >= 15 is 0 Å². The molecule has 0 bridgehead atoms. The maximum atomic E-state index is 5.38. The highest BCUT2D eigenvalue weighted by Crippen LogP contribution is 2.36. The Balaban J connectivity index is 1.49. The van der Waals surface area contributed by atoms with Crippen LogP contribution in [0.5, 0.6) is 5.75 Å². The summed E-state index contributed by atoms with van der Waals surface area (Å²) in [6, 6.07) is 8.15. The van der Waals surface area contributed by atoms with E-state index in [2.05, 4.69) is 20.0 Å². The van der Waals surface area contributed by atoms with Gasteiger partial charge in [-0.15, -0.1) is 0 Å². The molecule has 6 nitrogen and oxygen atoms in total. The number of hydrogen-bond acceptors (Lipinski definition) is 6. The lowest BCUT2D eigenvalue weighted by Crippen LogP contribution is -2.23. The van der Waals surface area contributed by atoms with E-state index in [0.717, 1.165) is 53.7 Å². The van der Waals surface area contributed by atoms with Gasteiger partial charge in [0.25, 0.3) is 0 Å². The molecule has 0 aliphatic carbocycles. The van der Waals surface area contributed by atoms with Gasteiger partial charge >= 0.3 is 0 Å². The van der Waals surface area contributed by atoms with Gasteiger partial charge in [-0.3, -0.25) is 4.90 Å². The number of aromatic nitrogens is 3. The second kappa shape index (κ2) is 7.48. The summed E-state index contributed by atoms with van der Waals surface area (Å²) in [6.45, 7) is 5.92. The number of aryl methyl sites for hydroxylation is 2. The first-order valence-electron chi connectivity index (χ1n) is 9.28. The van der Waals surface area contributed by atoms with Crippen molar-refractivity contribution in [2.45, 2.75) is 39.3 Å². The molecule has 4 rings (SSSR count). The monoisotopic (exact) mass is 364 g/mol. The van der Waals surface area contributed by atoms with Crippen LogP contribution in [-0.4, -0.2) is 33.7 Å². The number of rotatable bonds is 5. The van der Waals surface area contributed by atoms with Gasteiger partial charge in [0.05, 0.1) is 12.8 Å². The van der Waals surface area contributed by atoms with Crippen molar-refractivity contribution < 1.29 is 9.26 Å². The van der Waals surface area contributed by atoms with Crippen molar-refractivity contribution in [3.05, 3.63) is 59.2 Å². The molecule has 1 saturated heterocycles. The smallest absolute Gasteiger partial charge is 0.159 e. The summed E-state index contributed by atoms with van der Waals surface area (Å²) in [5, 5.41) is 4.12. The number of nitrogens with zero attached hydrogens (tertiary/aromatic N) is 4. The first-order valence-corrected chi connectivity index (χ1v) is 9.28. The summed E-state index contributed by atoms with van der Waals surface area (Å²) in [4.78, 5) is 11.6. The van der Waals surface area contributed by atoms with E-state index in [1.807, 2.05) is 50.5 Å². The molecule has 1 fully saturated rings. The lowest BCUT2D eigenvalue weighted by Gasteiger charge is -2.24. The molecule has 0 unspecified atom stereocenters. The molecule has 27 heavy (non-hydrogen) atoms. The minimum Gasteiger partial charge on any atom is -0.497 e. The van der Waals surface area contributed by atoms with Crippen LogP contribution in [0.15, 0.2) is 41.2 Å². The number of likely N-dealkylation sites (tertiary alicyclic amines) is 1. The third kappa shape index (κ3) is 3.57. The van der Waals surface area contributed by atoms with Crippen LogP contribution in [0.4, 0.5) is 0 Å². The van der Waals surface area contributed by atoms with Crippen molar-refractivity contribution >= 4 is 0 Å². The quantitative estimate of drug-likeness (QED) is 0.679. The van der Waals surface area contributed by atoms with Crippen LogP contribution in [0, 0.1) is 13.8 Å². The standard InChI is InChI=1S/C21H24N4O2/c1-14-20(15(2)27-24-14)19-5-4-10-25(19)13-16-11-22-21(23-12-16)17-6-8-18(26-3)9-7-17/h6-9,11-12,19H,4-5,10,13H2,1-3H3/t19-/m0/s1. The number of methoxy groups -OCH3 is 1. The molecule has 6 heteroatoms. The van der Waals surface area contributed by atoms with Crippen LogP contribution >= 0.6 is 0 Å². The molecule has 0 amide bonds. The first-order chi connectivity index (χ1) is 13.2. The zero-order valence-corrected chi connectivity index (χ0v) is 16.0. The van der Waals surface area contributed by atoms with Crippen LogP contribution in [0.25, 0.3) is 11.4 Å². The van der Waals surface area contributed by atoms with Crippen LogP contribution in [0.1, 0.15) is 41.5 Å². The normalized spacial score (nSPS) is 17.4. The van der Waals surface area contributed by atoms with Gasteiger partial charge in [0, 0.05) is 41.7 Å². The van der Waals surface area contributed by atoms with Crippen molar-refractivity contribution in [3.63, 3.8) is 0 Å². The van der Waals surface area contributed by atoms with E-state index in [-0.39, 0.29) is 0 Å². The van der Waals surface area contributed by atoms with Crippen LogP contribution in [0.3, 0.4) is 0 Å². The van der Waals surface area contributed by atoms with E-state index in [9.17, 15) is 0 Å². The molecule has 1 atom stereocenters. The molecule has 0 spiro atoms. The fraction of sp³-hybridized carbons (Fsp3) is 0.381.